The van der Waals surface area contributed by atoms with Crippen LogP contribution in [0.15, 0.2) is 30.5 Å². The molecule has 0 amide bonds. The van der Waals surface area contributed by atoms with Gasteiger partial charge in [-0.1, -0.05) is 6.07 Å². The lowest BCUT2D eigenvalue weighted by Crippen LogP contribution is -2.47. The highest BCUT2D eigenvalue weighted by atomic mass is 19.1. The lowest BCUT2D eigenvalue weighted by molar-refractivity contribution is 0.484. The van der Waals surface area contributed by atoms with Gasteiger partial charge in [0.2, 0.25) is 5.95 Å². The lowest BCUT2D eigenvalue weighted by atomic mass is 10.0. The van der Waals surface area contributed by atoms with Crippen molar-refractivity contribution in [1.82, 2.24) is 9.97 Å². The number of likely N-dealkylation sites (N-methyl/N-ethyl adjacent to an activating group) is 1. The molecule has 0 spiro atoms. The molecule has 0 N–H and O–H groups in total. The van der Waals surface area contributed by atoms with Gasteiger partial charge in [-0.3, -0.25) is 0 Å². The summed E-state index contributed by atoms with van der Waals surface area (Å²) in [6.07, 6.45) is 3.75. The van der Waals surface area contributed by atoms with Crippen molar-refractivity contribution >= 4 is 17.5 Å². The van der Waals surface area contributed by atoms with Crippen molar-refractivity contribution in [2.75, 3.05) is 48.9 Å². The highest BCUT2D eigenvalue weighted by molar-refractivity contribution is 5.60. The lowest BCUT2D eigenvalue weighted by Gasteiger charge is -2.39. The molecule has 1 atom stereocenters. The molecule has 0 bridgehead atoms. The Morgan fingerprint density at radius 1 is 1.27 bits per heavy atom. The maximum absolute atomic E-state index is 14.0. The van der Waals surface area contributed by atoms with Gasteiger partial charge >= 0.3 is 0 Å². The van der Waals surface area contributed by atoms with Crippen molar-refractivity contribution in [3.05, 3.63) is 41.8 Å². The van der Waals surface area contributed by atoms with Gasteiger partial charge in [-0.2, -0.15) is 10.2 Å². The topological polar surface area (TPSA) is 59.3 Å². The Hall–Kier alpha value is -2.88. The van der Waals surface area contributed by atoms with E-state index in [1.165, 1.54) is 6.07 Å². The summed E-state index contributed by atoms with van der Waals surface area (Å²) in [5.74, 6) is 1.06. The number of hydrogen-bond donors (Lipinski definition) is 0. The number of nitrogens with zero attached hydrogens (tertiary/aromatic N) is 6. The van der Waals surface area contributed by atoms with Crippen LogP contribution in [0, 0.1) is 17.1 Å². The Morgan fingerprint density at radius 3 is 2.81 bits per heavy atom. The van der Waals surface area contributed by atoms with E-state index in [4.69, 9.17) is 0 Å². The van der Waals surface area contributed by atoms with Crippen LogP contribution in [0.2, 0.25) is 0 Å². The van der Waals surface area contributed by atoms with Crippen molar-refractivity contribution in [1.29, 1.82) is 5.26 Å². The molecule has 2 aromatic rings. The van der Waals surface area contributed by atoms with Crippen LogP contribution >= 0.6 is 0 Å². The monoisotopic (exact) mass is 354 g/mol. The maximum atomic E-state index is 14.0. The number of anilines is 3. The fraction of sp³-hybridized carbons (Fsp3) is 0.421. The molecule has 1 fully saturated rings. The second-order valence-corrected chi connectivity index (χ2v) is 6.71. The van der Waals surface area contributed by atoms with Gasteiger partial charge in [0.15, 0.2) is 0 Å². The molecule has 136 valence electrons. The van der Waals surface area contributed by atoms with Gasteiger partial charge < -0.3 is 14.7 Å². The van der Waals surface area contributed by atoms with E-state index in [1.54, 1.807) is 12.3 Å². The van der Waals surface area contributed by atoms with Gasteiger partial charge in [0.05, 0.1) is 5.69 Å². The van der Waals surface area contributed by atoms with Gasteiger partial charge in [0.1, 0.15) is 23.3 Å². The van der Waals surface area contributed by atoms with E-state index >= 15 is 0 Å². The van der Waals surface area contributed by atoms with Gasteiger partial charge in [-0.25, -0.2) is 9.37 Å². The van der Waals surface area contributed by atoms with Crippen molar-refractivity contribution in [2.24, 2.45) is 0 Å². The first kappa shape index (κ1) is 17.9. The number of rotatable bonds is 4. The average molecular weight is 354 g/mol. The predicted octanol–water partition coefficient (Wildman–Crippen LogP) is 2.66. The zero-order valence-corrected chi connectivity index (χ0v) is 15.4. The van der Waals surface area contributed by atoms with Gasteiger partial charge in [-0.15, -0.1) is 0 Å². The molecule has 7 heteroatoms. The predicted molar refractivity (Wildman–Crippen MR) is 101 cm³/mol. The van der Waals surface area contributed by atoms with Crippen LogP contribution in [0.3, 0.4) is 0 Å². The molecular formula is C19H23FN6. The summed E-state index contributed by atoms with van der Waals surface area (Å²) in [5, 5.41) is 9.32. The van der Waals surface area contributed by atoms with E-state index in [0.29, 0.717) is 11.6 Å². The average Bonchev–Trinajstić information content (AvgIpc) is 2.67. The minimum Gasteiger partial charge on any atom is -0.368 e. The number of halogens is 1. The zero-order valence-electron chi connectivity index (χ0n) is 15.4. The maximum Gasteiger partial charge on any atom is 0.226 e. The zero-order chi connectivity index (χ0) is 18.7. The van der Waals surface area contributed by atoms with Crippen LogP contribution in [-0.4, -0.2) is 50.2 Å². The molecule has 1 aliphatic heterocycles. The van der Waals surface area contributed by atoms with Crippen LogP contribution in [-0.2, 0) is 0 Å². The number of hydrogen-bond acceptors (Lipinski definition) is 6. The number of nitriles is 1. The first-order valence-electron chi connectivity index (χ1n) is 8.68. The largest absolute Gasteiger partial charge is 0.368 e. The summed E-state index contributed by atoms with van der Waals surface area (Å²) >= 11 is 0. The molecule has 1 aliphatic rings. The van der Waals surface area contributed by atoms with Gasteiger partial charge in [0, 0.05) is 46.5 Å². The summed E-state index contributed by atoms with van der Waals surface area (Å²) in [6.45, 7) is 1.53. The molecule has 2 heterocycles. The Balaban J connectivity index is 1.82. The molecule has 26 heavy (non-hydrogen) atoms. The highest BCUT2D eigenvalue weighted by Crippen LogP contribution is 2.28. The van der Waals surface area contributed by atoms with Gasteiger partial charge in [-0.05, 0) is 31.0 Å². The molecule has 1 unspecified atom stereocenters. The van der Waals surface area contributed by atoms with E-state index in [1.807, 2.05) is 44.2 Å². The standard InChI is InChI=1S/C19H23FN6/c1-24(2)19-22-10-9-18(23-19)25(3)14-6-5-11-26(13-14)17-8-4-7-16(20)15(17)12-21/h4,7-10,14H,5-6,11,13H2,1-3H3. The molecule has 1 saturated heterocycles. The fourth-order valence-electron chi connectivity index (χ4n) is 3.31. The van der Waals surface area contributed by atoms with Crippen molar-refractivity contribution < 1.29 is 4.39 Å². The molecule has 0 radical (unpaired) electrons. The molecule has 6 nitrogen and oxygen atoms in total. The molecule has 3 rings (SSSR count). The van der Waals surface area contributed by atoms with Crippen LogP contribution in [0.1, 0.15) is 18.4 Å². The Bertz CT molecular complexity index is 816. The van der Waals surface area contributed by atoms with Crippen LogP contribution in [0.5, 0.6) is 0 Å². The summed E-state index contributed by atoms with van der Waals surface area (Å²) in [5.41, 5.74) is 0.787. The van der Waals surface area contributed by atoms with E-state index in [-0.39, 0.29) is 11.6 Å². The normalized spacial score (nSPS) is 16.9. The number of piperidine rings is 1. The SMILES string of the molecule is CN(C)c1nccc(N(C)C2CCCN(c3cccc(F)c3C#N)C2)n1. The van der Waals surface area contributed by atoms with Gasteiger partial charge in [0.25, 0.3) is 0 Å². The van der Waals surface area contributed by atoms with Crippen LogP contribution < -0.4 is 14.7 Å². The molecule has 0 saturated carbocycles. The smallest absolute Gasteiger partial charge is 0.226 e. The molecule has 1 aromatic carbocycles. The minimum atomic E-state index is -0.466. The summed E-state index contributed by atoms with van der Waals surface area (Å²) in [4.78, 5) is 15.0. The number of benzene rings is 1. The van der Waals surface area contributed by atoms with Crippen molar-refractivity contribution in [3.8, 4) is 6.07 Å². The highest BCUT2D eigenvalue weighted by Gasteiger charge is 2.26. The summed E-state index contributed by atoms with van der Waals surface area (Å²) in [6, 6.07) is 8.93. The summed E-state index contributed by atoms with van der Waals surface area (Å²) in [7, 11) is 5.84. The van der Waals surface area contributed by atoms with E-state index in [9.17, 15) is 9.65 Å². The van der Waals surface area contributed by atoms with Crippen molar-refractivity contribution in [3.63, 3.8) is 0 Å². The third-order valence-electron chi connectivity index (χ3n) is 4.78. The third kappa shape index (κ3) is 3.54. The third-order valence-corrected chi connectivity index (χ3v) is 4.78. The summed E-state index contributed by atoms with van der Waals surface area (Å²) < 4.78 is 14.0. The molecule has 1 aromatic heterocycles. The quantitative estimate of drug-likeness (QED) is 0.841. The number of aromatic nitrogens is 2. The Labute approximate surface area is 153 Å². The van der Waals surface area contributed by atoms with E-state index < -0.39 is 5.82 Å². The minimum absolute atomic E-state index is 0.118. The Morgan fingerprint density at radius 2 is 2.08 bits per heavy atom. The first-order chi connectivity index (χ1) is 12.5. The Kier molecular flexibility index (Phi) is 5.21. The van der Waals surface area contributed by atoms with Crippen LogP contribution in [0.25, 0.3) is 0 Å². The van der Waals surface area contributed by atoms with E-state index in [2.05, 4.69) is 19.8 Å². The fourth-order valence-corrected chi connectivity index (χ4v) is 3.31. The second kappa shape index (κ2) is 7.56. The first-order valence-corrected chi connectivity index (χ1v) is 8.68. The van der Waals surface area contributed by atoms with Crippen LogP contribution in [0.4, 0.5) is 21.8 Å². The second-order valence-electron chi connectivity index (χ2n) is 6.71. The molecular weight excluding hydrogens is 331 g/mol. The van der Waals surface area contributed by atoms with E-state index in [0.717, 1.165) is 31.7 Å². The molecule has 0 aliphatic carbocycles. The van der Waals surface area contributed by atoms with Crippen molar-refractivity contribution in [2.45, 2.75) is 18.9 Å².